The van der Waals surface area contributed by atoms with Crippen LogP contribution in [0, 0.1) is 5.92 Å². The zero-order valence-corrected chi connectivity index (χ0v) is 16.0. The number of nitrogens with two attached hydrogens (primary N) is 1. The van der Waals surface area contributed by atoms with Gasteiger partial charge in [-0.2, -0.15) is 0 Å². The maximum absolute atomic E-state index is 12.5. The molecule has 25 heavy (non-hydrogen) atoms. The van der Waals surface area contributed by atoms with Gasteiger partial charge in [-0.15, -0.1) is 0 Å². The van der Waals surface area contributed by atoms with Crippen molar-refractivity contribution in [3.05, 3.63) is 41.1 Å². The van der Waals surface area contributed by atoms with Crippen LogP contribution < -0.4 is 5.73 Å². The van der Waals surface area contributed by atoms with Gasteiger partial charge in [0.05, 0.1) is 11.7 Å². The summed E-state index contributed by atoms with van der Waals surface area (Å²) in [6, 6.07) is 7.90. The normalized spacial score (nSPS) is 17.5. The lowest BCUT2D eigenvalue weighted by atomic mass is 9.97. The smallest absolute Gasteiger partial charge is 0.233 e. The van der Waals surface area contributed by atoms with E-state index in [1.54, 1.807) is 11.1 Å². The number of carbonyl (C=O) groups is 2. The molecule has 0 bridgehead atoms. The van der Waals surface area contributed by atoms with Crippen LogP contribution in [0.5, 0.6) is 0 Å². The molecule has 1 aliphatic rings. The first kappa shape index (κ1) is 18.0. The lowest BCUT2D eigenvalue weighted by Crippen LogP contribution is -2.44. The first-order valence-corrected chi connectivity index (χ1v) is 9.81. The Balaban J connectivity index is 1.62. The monoisotopic (exact) mass is 422 g/mol. The van der Waals surface area contributed by atoms with Crippen LogP contribution >= 0.6 is 27.7 Å². The van der Waals surface area contributed by atoms with Crippen LogP contribution in [0.3, 0.4) is 0 Å². The molecule has 0 saturated carbocycles. The van der Waals surface area contributed by atoms with Gasteiger partial charge in [-0.1, -0.05) is 27.7 Å². The fraction of sp³-hybridized carbons (Fsp3) is 0.353. The van der Waals surface area contributed by atoms with E-state index in [1.165, 1.54) is 11.8 Å². The van der Waals surface area contributed by atoms with Gasteiger partial charge in [0, 0.05) is 35.6 Å². The van der Waals surface area contributed by atoms with Crippen LogP contribution in [0.2, 0.25) is 0 Å². The summed E-state index contributed by atoms with van der Waals surface area (Å²) in [5.41, 5.74) is 6.37. The van der Waals surface area contributed by atoms with Gasteiger partial charge >= 0.3 is 0 Å². The van der Waals surface area contributed by atoms with E-state index in [4.69, 9.17) is 5.73 Å². The summed E-state index contributed by atoms with van der Waals surface area (Å²) in [4.78, 5) is 29.9. The predicted octanol–water partition coefficient (Wildman–Crippen LogP) is 2.45. The molecule has 3 rings (SSSR count). The number of piperidine rings is 1. The number of amides is 2. The van der Waals surface area contributed by atoms with Gasteiger partial charge in [-0.3, -0.25) is 14.2 Å². The molecule has 0 spiro atoms. The van der Waals surface area contributed by atoms with E-state index in [0.717, 1.165) is 28.2 Å². The lowest BCUT2D eigenvalue weighted by Gasteiger charge is -2.31. The van der Waals surface area contributed by atoms with E-state index >= 15 is 0 Å². The Morgan fingerprint density at radius 1 is 1.32 bits per heavy atom. The summed E-state index contributed by atoms with van der Waals surface area (Å²) in [6.07, 6.45) is 5.18. The van der Waals surface area contributed by atoms with Gasteiger partial charge in [0.2, 0.25) is 11.8 Å². The van der Waals surface area contributed by atoms with Crippen molar-refractivity contribution in [1.29, 1.82) is 0 Å². The van der Waals surface area contributed by atoms with Gasteiger partial charge in [0.1, 0.15) is 0 Å². The Bertz CT molecular complexity index is 762. The van der Waals surface area contributed by atoms with Crippen LogP contribution in [-0.2, 0) is 9.59 Å². The van der Waals surface area contributed by atoms with Crippen molar-refractivity contribution < 1.29 is 9.59 Å². The fourth-order valence-corrected chi connectivity index (χ4v) is 3.99. The number of thioether (sulfide) groups is 1. The highest BCUT2D eigenvalue weighted by atomic mass is 79.9. The minimum Gasteiger partial charge on any atom is -0.369 e. The number of hydrogen-bond acceptors (Lipinski definition) is 4. The number of imidazole rings is 1. The number of aromatic nitrogens is 2. The van der Waals surface area contributed by atoms with Crippen molar-refractivity contribution in [2.45, 2.75) is 18.0 Å². The van der Waals surface area contributed by atoms with Crippen LogP contribution in [-0.4, -0.2) is 45.1 Å². The van der Waals surface area contributed by atoms with Crippen molar-refractivity contribution >= 4 is 39.5 Å². The van der Waals surface area contributed by atoms with Crippen molar-refractivity contribution in [3.63, 3.8) is 0 Å². The third-order valence-electron chi connectivity index (χ3n) is 4.21. The molecule has 6 nitrogen and oxygen atoms in total. The Morgan fingerprint density at radius 3 is 2.80 bits per heavy atom. The number of hydrogen-bond donors (Lipinski definition) is 1. The van der Waals surface area contributed by atoms with Crippen molar-refractivity contribution in [3.8, 4) is 5.69 Å². The third kappa shape index (κ3) is 4.43. The first-order chi connectivity index (χ1) is 12.0. The quantitative estimate of drug-likeness (QED) is 0.750. The van der Waals surface area contributed by atoms with Crippen LogP contribution in [0.4, 0.5) is 0 Å². The number of carbonyl (C=O) groups excluding carboxylic acids is 2. The standard InChI is InChI=1S/C17H19BrN4O2S/c18-13-3-5-14(6-4-13)22-9-7-20-17(22)25-11-15(23)21-8-1-2-12(10-21)16(19)24/h3-7,9,12H,1-2,8,10-11H2,(H2,19,24). The topological polar surface area (TPSA) is 81.2 Å². The molecule has 132 valence electrons. The average Bonchev–Trinajstić information content (AvgIpc) is 3.09. The predicted molar refractivity (Wildman–Crippen MR) is 100 cm³/mol. The number of halogens is 1. The highest BCUT2D eigenvalue weighted by molar-refractivity contribution is 9.10. The average molecular weight is 423 g/mol. The van der Waals surface area contributed by atoms with Gasteiger partial charge in [-0.05, 0) is 37.1 Å². The van der Waals surface area contributed by atoms with E-state index in [-0.39, 0.29) is 17.7 Å². The second-order valence-electron chi connectivity index (χ2n) is 5.93. The van der Waals surface area contributed by atoms with E-state index in [9.17, 15) is 9.59 Å². The van der Waals surface area contributed by atoms with Gasteiger partial charge in [-0.25, -0.2) is 4.98 Å². The van der Waals surface area contributed by atoms with E-state index < -0.39 is 0 Å². The number of nitrogens with zero attached hydrogens (tertiary/aromatic N) is 3. The van der Waals surface area contributed by atoms with Crippen molar-refractivity contribution in [2.24, 2.45) is 11.7 Å². The number of rotatable bonds is 5. The van der Waals surface area contributed by atoms with Crippen molar-refractivity contribution in [2.75, 3.05) is 18.8 Å². The molecular formula is C17H19BrN4O2S. The highest BCUT2D eigenvalue weighted by Gasteiger charge is 2.27. The molecule has 1 atom stereocenters. The maximum Gasteiger partial charge on any atom is 0.233 e. The molecular weight excluding hydrogens is 404 g/mol. The molecule has 2 heterocycles. The first-order valence-electron chi connectivity index (χ1n) is 8.04. The Hall–Kier alpha value is -1.80. The molecule has 1 aromatic carbocycles. The zero-order valence-electron chi connectivity index (χ0n) is 13.6. The second-order valence-corrected chi connectivity index (χ2v) is 7.78. The number of likely N-dealkylation sites (tertiary alicyclic amines) is 1. The Kier molecular flexibility index (Phi) is 5.80. The fourth-order valence-electron chi connectivity index (χ4n) is 2.85. The molecule has 2 aromatic rings. The molecule has 1 saturated heterocycles. The lowest BCUT2D eigenvalue weighted by molar-refractivity contribution is -0.132. The number of benzene rings is 1. The molecule has 8 heteroatoms. The van der Waals surface area contributed by atoms with Gasteiger partial charge < -0.3 is 10.6 Å². The molecule has 2 amide bonds. The summed E-state index contributed by atoms with van der Waals surface area (Å²) in [5.74, 6) is -0.247. The minimum absolute atomic E-state index is 0.0151. The molecule has 1 aliphatic heterocycles. The summed E-state index contributed by atoms with van der Waals surface area (Å²) < 4.78 is 2.96. The van der Waals surface area contributed by atoms with Crippen LogP contribution in [0.15, 0.2) is 46.3 Å². The molecule has 1 aromatic heterocycles. The third-order valence-corrected chi connectivity index (χ3v) is 5.69. The maximum atomic E-state index is 12.5. The van der Waals surface area contributed by atoms with Gasteiger partial charge in [0.25, 0.3) is 0 Å². The van der Waals surface area contributed by atoms with Crippen LogP contribution in [0.25, 0.3) is 5.69 Å². The molecule has 0 radical (unpaired) electrons. The second kappa shape index (κ2) is 8.05. The molecule has 1 fully saturated rings. The highest BCUT2D eigenvalue weighted by Crippen LogP contribution is 2.23. The van der Waals surface area contributed by atoms with E-state index in [1.807, 2.05) is 35.0 Å². The zero-order chi connectivity index (χ0) is 17.8. The summed E-state index contributed by atoms with van der Waals surface area (Å²) >= 11 is 4.82. The van der Waals surface area contributed by atoms with Gasteiger partial charge in [0.15, 0.2) is 5.16 Å². The Labute approximate surface area is 158 Å². The van der Waals surface area contributed by atoms with E-state index in [2.05, 4.69) is 20.9 Å². The SMILES string of the molecule is NC(=O)C1CCCN(C(=O)CSc2nccn2-c2ccc(Br)cc2)C1. The number of primary amides is 1. The molecule has 2 N–H and O–H groups in total. The summed E-state index contributed by atoms with van der Waals surface area (Å²) in [5, 5.41) is 0.763. The Morgan fingerprint density at radius 2 is 2.08 bits per heavy atom. The minimum atomic E-state index is -0.323. The summed E-state index contributed by atoms with van der Waals surface area (Å²) in [7, 11) is 0. The molecule has 0 aliphatic carbocycles. The van der Waals surface area contributed by atoms with Crippen molar-refractivity contribution in [1.82, 2.24) is 14.5 Å². The summed E-state index contributed by atoms with van der Waals surface area (Å²) in [6.45, 7) is 1.11. The van der Waals surface area contributed by atoms with Crippen LogP contribution in [0.1, 0.15) is 12.8 Å². The molecule has 1 unspecified atom stereocenters. The van der Waals surface area contributed by atoms with E-state index in [0.29, 0.717) is 18.8 Å². The largest absolute Gasteiger partial charge is 0.369 e.